The topological polar surface area (TPSA) is 52.6 Å². The smallest absolute Gasteiger partial charge is 0.243 e. The molecule has 138 valence electrons. The first-order valence-corrected chi connectivity index (χ1v) is 9.52. The predicted molar refractivity (Wildman–Crippen MR) is 99.6 cm³/mol. The number of aryl methyl sites for hydroxylation is 1. The third-order valence-electron chi connectivity index (χ3n) is 5.61. The molecule has 6 nitrogen and oxygen atoms in total. The summed E-state index contributed by atoms with van der Waals surface area (Å²) in [5.41, 5.74) is 0.821. The van der Waals surface area contributed by atoms with Crippen LogP contribution in [0.25, 0.3) is 0 Å². The average Bonchev–Trinajstić information content (AvgIpc) is 2.63. The van der Waals surface area contributed by atoms with Gasteiger partial charge in [0.1, 0.15) is 5.54 Å². The van der Waals surface area contributed by atoms with Gasteiger partial charge >= 0.3 is 0 Å². The maximum atomic E-state index is 13.1. The van der Waals surface area contributed by atoms with E-state index in [9.17, 15) is 4.79 Å². The number of anilines is 1. The Morgan fingerprint density at radius 1 is 1.12 bits per heavy atom. The number of amides is 1. The Bertz CT molecular complexity index is 592. The van der Waals surface area contributed by atoms with E-state index in [1.54, 1.807) is 0 Å². The highest BCUT2D eigenvalue weighted by atomic mass is 16.2. The van der Waals surface area contributed by atoms with Gasteiger partial charge in [-0.15, -0.1) is 0 Å². The molecule has 1 spiro atoms. The lowest BCUT2D eigenvalue weighted by atomic mass is 9.82. The molecule has 0 bridgehead atoms. The van der Waals surface area contributed by atoms with Crippen molar-refractivity contribution in [1.82, 2.24) is 19.8 Å². The van der Waals surface area contributed by atoms with Gasteiger partial charge in [-0.05, 0) is 30.7 Å². The molecule has 2 aliphatic heterocycles. The number of piperazine rings is 1. The number of hydrogen-bond acceptors (Lipinski definition) is 5. The molecule has 1 aromatic rings. The lowest BCUT2D eigenvalue weighted by Gasteiger charge is -2.52. The second kappa shape index (κ2) is 7.28. The number of carbonyl (C=O) groups excluding carboxylic acids is 1. The van der Waals surface area contributed by atoms with Gasteiger partial charge < -0.3 is 9.80 Å². The van der Waals surface area contributed by atoms with Gasteiger partial charge in [-0.3, -0.25) is 9.69 Å². The van der Waals surface area contributed by atoms with Crippen molar-refractivity contribution < 1.29 is 4.79 Å². The fourth-order valence-electron chi connectivity index (χ4n) is 4.08. The number of nitrogens with zero attached hydrogens (tertiary/aromatic N) is 5. The molecule has 0 aromatic carbocycles. The minimum absolute atomic E-state index is 0.293. The molecule has 0 N–H and O–H groups in total. The molecule has 0 atom stereocenters. The van der Waals surface area contributed by atoms with Gasteiger partial charge in [0.05, 0.1) is 0 Å². The summed E-state index contributed by atoms with van der Waals surface area (Å²) in [5.74, 6) is 1.65. The molecule has 3 rings (SSSR count). The quantitative estimate of drug-likeness (QED) is 0.833. The van der Waals surface area contributed by atoms with E-state index >= 15 is 0 Å². The van der Waals surface area contributed by atoms with Crippen LogP contribution in [0.3, 0.4) is 0 Å². The van der Waals surface area contributed by atoms with Crippen molar-refractivity contribution >= 4 is 11.9 Å². The highest BCUT2D eigenvalue weighted by Gasteiger charge is 2.50. The van der Waals surface area contributed by atoms with Crippen molar-refractivity contribution in [3.63, 3.8) is 0 Å². The van der Waals surface area contributed by atoms with Crippen molar-refractivity contribution in [2.45, 2.75) is 45.6 Å². The maximum Gasteiger partial charge on any atom is 0.243 e. The molecule has 3 heterocycles. The number of likely N-dealkylation sites (N-methyl/N-ethyl adjacent to an activating group) is 1. The number of carbonyl (C=O) groups is 1. The Kier molecular flexibility index (Phi) is 5.27. The van der Waals surface area contributed by atoms with E-state index in [4.69, 9.17) is 0 Å². The zero-order chi connectivity index (χ0) is 18.0. The van der Waals surface area contributed by atoms with Crippen molar-refractivity contribution in [1.29, 1.82) is 0 Å². The van der Waals surface area contributed by atoms with Crippen molar-refractivity contribution in [3.8, 4) is 0 Å². The molecular weight excluding hydrogens is 314 g/mol. The molecule has 0 aliphatic carbocycles. The fourth-order valence-corrected chi connectivity index (χ4v) is 4.08. The molecular formula is C19H31N5O. The first-order chi connectivity index (χ1) is 12.0. The highest BCUT2D eigenvalue weighted by Crippen LogP contribution is 2.34. The van der Waals surface area contributed by atoms with Crippen LogP contribution in [0.2, 0.25) is 0 Å². The van der Waals surface area contributed by atoms with Crippen LogP contribution in [0, 0.1) is 5.92 Å². The van der Waals surface area contributed by atoms with Gasteiger partial charge in [-0.2, -0.15) is 0 Å². The minimum Gasteiger partial charge on any atom is -0.343 e. The summed E-state index contributed by atoms with van der Waals surface area (Å²) in [6, 6.07) is 0. The van der Waals surface area contributed by atoms with Crippen molar-refractivity contribution in [2.24, 2.45) is 5.92 Å². The summed E-state index contributed by atoms with van der Waals surface area (Å²) < 4.78 is 0. The molecule has 2 aliphatic rings. The van der Waals surface area contributed by atoms with Crippen LogP contribution in [0.5, 0.6) is 0 Å². The van der Waals surface area contributed by atoms with Crippen LogP contribution in [0.4, 0.5) is 5.95 Å². The van der Waals surface area contributed by atoms with E-state index in [0.717, 1.165) is 63.5 Å². The molecule has 2 saturated heterocycles. The zero-order valence-electron chi connectivity index (χ0n) is 16.0. The lowest BCUT2D eigenvalue weighted by Crippen LogP contribution is -2.68. The normalized spacial score (nSPS) is 21.4. The summed E-state index contributed by atoms with van der Waals surface area (Å²) in [6.45, 7) is 11.0. The van der Waals surface area contributed by atoms with Crippen LogP contribution >= 0.6 is 0 Å². The molecule has 6 heteroatoms. The van der Waals surface area contributed by atoms with Crippen LogP contribution < -0.4 is 4.90 Å². The van der Waals surface area contributed by atoms with Crippen LogP contribution in [-0.2, 0) is 11.2 Å². The molecule has 0 radical (unpaired) electrons. The number of aromatic nitrogens is 2. The third-order valence-corrected chi connectivity index (χ3v) is 5.61. The first kappa shape index (κ1) is 18.1. The molecule has 1 amide bonds. The SMILES string of the molecule is CCc1cnc(N2CCC3(CC2)C(=O)N(C)CCN3CC(C)C)nc1. The van der Waals surface area contributed by atoms with Gasteiger partial charge in [0.2, 0.25) is 11.9 Å². The van der Waals surface area contributed by atoms with Gasteiger partial charge in [-0.25, -0.2) is 9.97 Å². The molecule has 0 saturated carbocycles. The summed E-state index contributed by atoms with van der Waals surface area (Å²) in [5, 5.41) is 0. The number of hydrogen-bond donors (Lipinski definition) is 0. The Balaban J connectivity index is 1.75. The van der Waals surface area contributed by atoms with Gasteiger partial charge in [0.25, 0.3) is 0 Å². The van der Waals surface area contributed by atoms with Gasteiger partial charge in [0.15, 0.2) is 0 Å². The van der Waals surface area contributed by atoms with Crippen molar-refractivity contribution in [2.75, 3.05) is 44.7 Å². The summed E-state index contributed by atoms with van der Waals surface area (Å²) in [4.78, 5) is 28.7. The molecule has 2 fully saturated rings. The minimum atomic E-state index is -0.336. The van der Waals surface area contributed by atoms with E-state index < -0.39 is 0 Å². The van der Waals surface area contributed by atoms with Crippen molar-refractivity contribution in [3.05, 3.63) is 18.0 Å². The number of piperidine rings is 1. The van der Waals surface area contributed by atoms with E-state index in [1.165, 1.54) is 0 Å². The molecule has 1 aromatic heterocycles. The van der Waals surface area contributed by atoms with Crippen LogP contribution in [-0.4, -0.2) is 71.0 Å². The largest absolute Gasteiger partial charge is 0.343 e. The Morgan fingerprint density at radius 3 is 2.32 bits per heavy atom. The zero-order valence-corrected chi connectivity index (χ0v) is 16.0. The van der Waals surface area contributed by atoms with Gasteiger partial charge in [0, 0.05) is 52.2 Å². The highest BCUT2D eigenvalue weighted by molar-refractivity contribution is 5.87. The van der Waals surface area contributed by atoms with Gasteiger partial charge in [-0.1, -0.05) is 20.8 Å². The van der Waals surface area contributed by atoms with E-state index in [2.05, 4.69) is 40.5 Å². The second-order valence-electron chi connectivity index (χ2n) is 7.83. The van der Waals surface area contributed by atoms with Crippen LogP contribution in [0.15, 0.2) is 12.4 Å². The summed E-state index contributed by atoms with van der Waals surface area (Å²) in [6.07, 6.45) is 6.48. The standard InChI is InChI=1S/C19H31N5O/c1-5-16-12-20-18(21-13-16)23-8-6-19(7-9-23)17(25)22(4)10-11-24(19)14-15(2)3/h12-13,15H,5-11,14H2,1-4H3. The summed E-state index contributed by atoms with van der Waals surface area (Å²) in [7, 11) is 1.94. The molecule has 25 heavy (non-hydrogen) atoms. The number of rotatable bonds is 4. The second-order valence-corrected chi connectivity index (χ2v) is 7.83. The average molecular weight is 345 g/mol. The maximum absolute atomic E-state index is 13.1. The van der Waals surface area contributed by atoms with E-state index in [0.29, 0.717) is 11.8 Å². The van der Waals surface area contributed by atoms with E-state index in [1.807, 2.05) is 24.3 Å². The lowest BCUT2D eigenvalue weighted by molar-refractivity contribution is -0.152. The summed E-state index contributed by atoms with van der Waals surface area (Å²) >= 11 is 0. The molecule has 0 unspecified atom stereocenters. The van der Waals surface area contributed by atoms with E-state index in [-0.39, 0.29) is 5.54 Å². The predicted octanol–water partition coefficient (Wildman–Crippen LogP) is 1.81. The Morgan fingerprint density at radius 2 is 1.76 bits per heavy atom. The Hall–Kier alpha value is -1.69. The first-order valence-electron chi connectivity index (χ1n) is 9.52. The fraction of sp³-hybridized carbons (Fsp3) is 0.737. The van der Waals surface area contributed by atoms with Crippen LogP contribution in [0.1, 0.15) is 39.2 Å². The Labute approximate surface area is 151 Å². The monoisotopic (exact) mass is 345 g/mol. The third kappa shape index (κ3) is 3.50.